The number of benzene rings is 2. The molecule has 1 fully saturated rings. The molecule has 13 nitrogen and oxygen atoms in total. The number of hydrogen-bond acceptors (Lipinski definition) is 12. The molecule has 5 atom stereocenters. The first-order valence-corrected chi connectivity index (χ1v) is 12.6. The standard InChI is InChI=1S/C28H28N2O11/c1-15(31)36-14-22-23(37-16(2)32)24(38-17(3)33)25(39-18(4)34)28(40-22)41-30-26(19-10-6-5-7-11-19)29-21-13-9-8-12-20(21)27(30)35/h5-13,22-25,28H,14H2,1-4H3. The number of rotatable bonds is 8. The molecule has 3 aromatic rings. The molecule has 1 aliphatic heterocycles. The topological polar surface area (TPSA) is 159 Å². The van der Waals surface area contributed by atoms with Crippen molar-refractivity contribution in [1.29, 1.82) is 0 Å². The van der Waals surface area contributed by atoms with Crippen molar-refractivity contribution in [3.05, 3.63) is 65.0 Å². The molecule has 2 heterocycles. The van der Waals surface area contributed by atoms with Crippen molar-refractivity contribution < 1.29 is 47.7 Å². The summed E-state index contributed by atoms with van der Waals surface area (Å²) in [6.07, 6.45) is -7.26. The third kappa shape index (κ3) is 6.87. The third-order valence-electron chi connectivity index (χ3n) is 5.93. The van der Waals surface area contributed by atoms with E-state index in [-0.39, 0.29) is 11.2 Å². The molecule has 4 rings (SSSR count). The lowest BCUT2D eigenvalue weighted by Gasteiger charge is -2.43. The molecular weight excluding hydrogens is 540 g/mol. The Morgan fingerprint density at radius 2 is 1.37 bits per heavy atom. The Morgan fingerprint density at radius 3 is 2.00 bits per heavy atom. The van der Waals surface area contributed by atoms with Crippen LogP contribution in [0.15, 0.2) is 59.4 Å². The normalized spacial score (nSPS) is 21.9. The van der Waals surface area contributed by atoms with Crippen molar-refractivity contribution in [2.24, 2.45) is 0 Å². The van der Waals surface area contributed by atoms with Crippen molar-refractivity contribution in [2.45, 2.75) is 58.4 Å². The van der Waals surface area contributed by atoms with Gasteiger partial charge in [0.15, 0.2) is 18.0 Å². The number of carbonyl (C=O) groups excluding carboxylic acids is 4. The Morgan fingerprint density at radius 1 is 0.780 bits per heavy atom. The number of nitrogens with zero attached hydrogens (tertiary/aromatic N) is 2. The van der Waals surface area contributed by atoms with Gasteiger partial charge < -0.3 is 28.5 Å². The summed E-state index contributed by atoms with van der Waals surface area (Å²) in [7, 11) is 0. The Kier molecular flexibility index (Phi) is 8.97. The second-order valence-corrected chi connectivity index (χ2v) is 9.09. The predicted octanol–water partition coefficient (Wildman–Crippen LogP) is 1.58. The van der Waals surface area contributed by atoms with E-state index in [9.17, 15) is 24.0 Å². The van der Waals surface area contributed by atoms with Crippen molar-refractivity contribution in [1.82, 2.24) is 9.71 Å². The Bertz CT molecular complexity index is 1500. The molecule has 13 heteroatoms. The maximum absolute atomic E-state index is 13.7. The number of fused-ring (bicyclic) bond motifs is 1. The summed E-state index contributed by atoms with van der Waals surface area (Å²) < 4.78 is 28.3. The minimum Gasteiger partial charge on any atom is -0.463 e. The molecule has 0 N–H and O–H groups in total. The summed E-state index contributed by atoms with van der Waals surface area (Å²) in [5.74, 6) is -2.95. The first-order valence-electron chi connectivity index (χ1n) is 12.6. The first-order chi connectivity index (χ1) is 19.5. The molecule has 1 aliphatic rings. The smallest absolute Gasteiger partial charge is 0.303 e. The van der Waals surface area contributed by atoms with E-state index in [0.29, 0.717) is 11.1 Å². The maximum atomic E-state index is 13.7. The number of aromatic nitrogens is 2. The van der Waals surface area contributed by atoms with Gasteiger partial charge in [0.25, 0.3) is 11.8 Å². The van der Waals surface area contributed by atoms with Gasteiger partial charge in [-0.05, 0) is 12.1 Å². The second-order valence-electron chi connectivity index (χ2n) is 9.09. The molecule has 0 bridgehead atoms. The largest absolute Gasteiger partial charge is 0.463 e. The monoisotopic (exact) mass is 568 g/mol. The van der Waals surface area contributed by atoms with Crippen molar-refractivity contribution in [2.75, 3.05) is 6.61 Å². The average Bonchev–Trinajstić information content (AvgIpc) is 2.92. The fourth-order valence-electron chi connectivity index (χ4n) is 4.36. The predicted molar refractivity (Wildman–Crippen MR) is 140 cm³/mol. The van der Waals surface area contributed by atoms with E-state index in [1.54, 1.807) is 54.6 Å². The van der Waals surface area contributed by atoms with Gasteiger partial charge in [-0.1, -0.05) is 42.5 Å². The maximum Gasteiger partial charge on any atom is 0.303 e. The van der Waals surface area contributed by atoms with Gasteiger partial charge in [-0.3, -0.25) is 24.0 Å². The molecule has 2 aromatic carbocycles. The van der Waals surface area contributed by atoms with Crippen LogP contribution < -0.4 is 10.4 Å². The molecule has 0 spiro atoms. The summed E-state index contributed by atoms with van der Waals surface area (Å²) >= 11 is 0. The van der Waals surface area contributed by atoms with Crippen LogP contribution in [0.1, 0.15) is 27.7 Å². The lowest BCUT2D eigenvalue weighted by molar-refractivity contribution is -0.307. The van der Waals surface area contributed by atoms with E-state index in [2.05, 4.69) is 4.98 Å². The van der Waals surface area contributed by atoms with Gasteiger partial charge in [-0.15, -0.1) is 4.73 Å². The summed E-state index contributed by atoms with van der Waals surface area (Å²) in [6, 6.07) is 15.3. The molecule has 1 saturated heterocycles. The lowest BCUT2D eigenvalue weighted by Crippen LogP contribution is -2.64. The van der Waals surface area contributed by atoms with Crippen LogP contribution in [-0.4, -0.2) is 70.9 Å². The molecule has 1 aromatic heterocycles. The highest BCUT2D eigenvalue weighted by atomic mass is 16.8. The van der Waals surface area contributed by atoms with Crippen molar-refractivity contribution in [3.63, 3.8) is 0 Å². The van der Waals surface area contributed by atoms with Crippen LogP contribution in [-0.2, 0) is 42.9 Å². The SMILES string of the molecule is CC(=O)OCC1OC(On2c(-c3ccccc3)nc3ccccc3c2=O)C(OC(C)=O)C(OC(C)=O)C1OC(C)=O. The van der Waals surface area contributed by atoms with Gasteiger partial charge in [0.05, 0.1) is 10.9 Å². The van der Waals surface area contributed by atoms with E-state index in [0.717, 1.165) is 32.4 Å². The minimum absolute atomic E-state index is 0.0992. The lowest BCUT2D eigenvalue weighted by atomic mass is 9.98. The highest BCUT2D eigenvalue weighted by Crippen LogP contribution is 2.30. The van der Waals surface area contributed by atoms with Crippen LogP contribution in [0.4, 0.5) is 0 Å². The van der Waals surface area contributed by atoms with Crippen LogP contribution >= 0.6 is 0 Å². The summed E-state index contributed by atoms with van der Waals surface area (Å²) in [5, 5.41) is 0.220. The zero-order valence-corrected chi connectivity index (χ0v) is 22.7. The van der Waals surface area contributed by atoms with E-state index < -0.39 is 66.7 Å². The molecule has 216 valence electrons. The van der Waals surface area contributed by atoms with Crippen LogP contribution in [0.25, 0.3) is 22.3 Å². The minimum atomic E-state index is -1.63. The van der Waals surface area contributed by atoms with E-state index >= 15 is 0 Å². The molecule has 0 amide bonds. The molecule has 41 heavy (non-hydrogen) atoms. The van der Waals surface area contributed by atoms with Gasteiger partial charge in [-0.25, -0.2) is 4.98 Å². The van der Waals surface area contributed by atoms with Gasteiger partial charge in [-0.2, -0.15) is 0 Å². The zero-order chi connectivity index (χ0) is 29.7. The molecular formula is C28H28N2O11. The average molecular weight is 569 g/mol. The van der Waals surface area contributed by atoms with Crippen LogP contribution in [0, 0.1) is 0 Å². The molecule has 0 saturated carbocycles. The van der Waals surface area contributed by atoms with E-state index in [1.807, 2.05) is 0 Å². The highest BCUT2D eigenvalue weighted by Gasteiger charge is 2.54. The van der Waals surface area contributed by atoms with Crippen LogP contribution in [0.5, 0.6) is 0 Å². The fourth-order valence-corrected chi connectivity index (χ4v) is 4.36. The number of para-hydroxylation sites is 1. The molecule has 5 unspecified atom stereocenters. The van der Waals surface area contributed by atoms with Crippen LogP contribution in [0.2, 0.25) is 0 Å². The van der Waals surface area contributed by atoms with Gasteiger partial charge in [0.1, 0.15) is 12.7 Å². The number of ether oxygens (including phenoxy) is 5. The van der Waals surface area contributed by atoms with Crippen LogP contribution in [0.3, 0.4) is 0 Å². The molecule has 0 radical (unpaired) electrons. The number of hydrogen-bond donors (Lipinski definition) is 0. The third-order valence-corrected chi connectivity index (χ3v) is 5.93. The second kappa shape index (κ2) is 12.6. The van der Waals surface area contributed by atoms with Gasteiger partial charge >= 0.3 is 23.9 Å². The summed E-state index contributed by atoms with van der Waals surface area (Å²) in [5.41, 5.74) is 0.307. The Labute approximate surface area is 233 Å². The van der Waals surface area contributed by atoms with Gasteiger partial charge in [0, 0.05) is 33.3 Å². The number of carbonyl (C=O) groups is 4. The zero-order valence-electron chi connectivity index (χ0n) is 22.7. The van der Waals surface area contributed by atoms with Gasteiger partial charge in [0.2, 0.25) is 6.10 Å². The first kappa shape index (κ1) is 29.2. The quantitative estimate of drug-likeness (QED) is 0.286. The van der Waals surface area contributed by atoms with Crippen molar-refractivity contribution >= 4 is 34.8 Å². The summed E-state index contributed by atoms with van der Waals surface area (Å²) in [6.45, 7) is 4.03. The Balaban J connectivity index is 1.86. The molecule has 0 aliphatic carbocycles. The van der Waals surface area contributed by atoms with E-state index in [1.165, 1.54) is 0 Å². The Hall–Kier alpha value is -4.78. The van der Waals surface area contributed by atoms with E-state index in [4.69, 9.17) is 28.5 Å². The fraction of sp³-hybridized carbons (Fsp3) is 0.357. The number of esters is 4. The highest BCUT2D eigenvalue weighted by molar-refractivity contribution is 5.79. The summed E-state index contributed by atoms with van der Waals surface area (Å²) in [4.78, 5) is 72.2. The van der Waals surface area contributed by atoms with Crippen molar-refractivity contribution in [3.8, 4) is 11.4 Å².